The van der Waals surface area contributed by atoms with Crippen LogP contribution in [-0.2, 0) is 9.59 Å². The number of hydrogen-bond donors (Lipinski definition) is 1. The molecule has 2 aliphatic heterocycles. The van der Waals surface area contributed by atoms with Crippen LogP contribution in [0.3, 0.4) is 0 Å². The number of nitrogens with zero attached hydrogens (tertiary/aromatic N) is 2. The van der Waals surface area contributed by atoms with E-state index in [4.69, 9.17) is 0 Å². The molecule has 2 atom stereocenters. The number of halogens is 1. The van der Waals surface area contributed by atoms with Crippen LogP contribution in [0.2, 0.25) is 0 Å². The number of carbonyl (C=O) groups is 2. The number of carbonyl (C=O) groups excluding carboxylic acids is 2. The van der Waals surface area contributed by atoms with Crippen LogP contribution in [0.1, 0.15) is 37.8 Å². The highest BCUT2D eigenvalue weighted by atomic mass is 35.5. The third-order valence-electron chi connectivity index (χ3n) is 5.68. The summed E-state index contributed by atoms with van der Waals surface area (Å²) < 4.78 is 0. The zero-order chi connectivity index (χ0) is 17.8. The van der Waals surface area contributed by atoms with Gasteiger partial charge in [-0.3, -0.25) is 9.59 Å². The molecule has 26 heavy (non-hydrogen) atoms. The molecule has 3 rings (SSSR count). The minimum absolute atomic E-state index is 0. The standard InChI is InChI=1S/C20H29N3O2.ClH/c1-15(17-6-4-3-5-7-17)23-14-18(12-19(23)24)20(25)22-10-8-16(9-11-22)13-21-2;/h3-7,15-16,18,21H,8-14H2,1-2H3;1H. The summed E-state index contributed by atoms with van der Waals surface area (Å²) in [5.41, 5.74) is 1.12. The normalized spacial score (nSPS) is 22.2. The summed E-state index contributed by atoms with van der Waals surface area (Å²) in [7, 11) is 1.98. The first-order valence-corrected chi connectivity index (χ1v) is 9.38. The van der Waals surface area contributed by atoms with Crippen molar-refractivity contribution in [2.24, 2.45) is 11.8 Å². The molecule has 0 spiro atoms. The average Bonchev–Trinajstić information content (AvgIpc) is 3.04. The van der Waals surface area contributed by atoms with Crippen molar-refractivity contribution in [1.29, 1.82) is 0 Å². The summed E-state index contributed by atoms with van der Waals surface area (Å²) >= 11 is 0. The maximum Gasteiger partial charge on any atom is 0.227 e. The molecule has 2 amide bonds. The first kappa shape index (κ1) is 20.7. The van der Waals surface area contributed by atoms with E-state index in [0.717, 1.165) is 38.0 Å². The zero-order valence-corrected chi connectivity index (χ0v) is 16.5. The van der Waals surface area contributed by atoms with E-state index in [1.165, 1.54) is 0 Å². The molecular formula is C20H30ClN3O2. The van der Waals surface area contributed by atoms with E-state index >= 15 is 0 Å². The molecule has 0 bridgehead atoms. The van der Waals surface area contributed by atoms with Crippen molar-refractivity contribution in [2.45, 2.75) is 32.2 Å². The molecule has 2 heterocycles. The summed E-state index contributed by atoms with van der Waals surface area (Å²) in [6.45, 7) is 5.26. The molecule has 2 saturated heterocycles. The minimum Gasteiger partial charge on any atom is -0.342 e. The van der Waals surface area contributed by atoms with E-state index in [2.05, 4.69) is 5.32 Å². The van der Waals surface area contributed by atoms with Crippen molar-refractivity contribution >= 4 is 24.2 Å². The Morgan fingerprint density at radius 3 is 2.50 bits per heavy atom. The summed E-state index contributed by atoms with van der Waals surface area (Å²) in [6.07, 6.45) is 2.46. The Kier molecular flexibility index (Phi) is 7.47. The minimum atomic E-state index is -0.181. The first-order valence-electron chi connectivity index (χ1n) is 9.38. The third-order valence-corrected chi connectivity index (χ3v) is 5.68. The Hall–Kier alpha value is -1.59. The maximum absolute atomic E-state index is 12.8. The summed E-state index contributed by atoms with van der Waals surface area (Å²) in [5, 5.41) is 3.22. The molecule has 0 radical (unpaired) electrons. The van der Waals surface area contributed by atoms with Crippen LogP contribution in [0.25, 0.3) is 0 Å². The van der Waals surface area contributed by atoms with Crippen LogP contribution in [0.15, 0.2) is 30.3 Å². The van der Waals surface area contributed by atoms with E-state index in [9.17, 15) is 9.59 Å². The number of rotatable bonds is 5. The Morgan fingerprint density at radius 1 is 1.23 bits per heavy atom. The molecule has 5 nitrogen and oxygen atoms in total. The van der Waals surface area contributed by atoms with Gasteiger partial charge < -0.3 is 15.1 Å². The fourth-order valence-electron chi connectivity index (χ4n) is 4.09. The van der Waals surface area contributed by atoms with Gasteiger partial charge in [0.1, 0.15) is 0 Å². The second kappa shape index (κ2) is 9.38. The van der Waals surface area contributed by atoms with Gasteiger partial charge in [-0.1, -0.05) is 30.3 Å². The van der Waals surface area contributed by atoms with E-state index < -0.39 is 0 Å². The van der Waals surface area contributed by atoms with Crippen LogP contribution in [-0.4, -0.2) is 54.8 Å². The highest BCUT2D eigenvalue weighted by Gasteiger charge is 2.39. The zero-order valence-electron chi connectivity index (χ0n) is 15.7. The van der Waals surface area contributed by atoms with Crippen LogP contribution >= 0.6 is 12.4 Å². The van der Waals surface area contributed by atoms with Gasteiger partial charge in [0.15, 0.2) is 0 Å². The van der Waals surface area contributed by atoms with Crippen molar-refractivity contribution in [2.75, 3.05) is 33.2 Å². The summed E-state index contributed by atoms with van der Waals surface area (Å²) in [6, 6.07) is 10.1. The molecular weight excluding hydrogens is 350 g/mol. The quantitative estimate of drug-likeness (QED) is 0.855. The van der Waals surface area contributed by atoms with Crippen molar-refractivity contribution in [3.8, 4) is 0 Å². The second-order valence-corrected chi connectivity index (χ2v) is 7.36. The monoisotopic (exact) mass is 379 g/mol. The molecule has 2 aliphatic rings. The van der Waals surface area contributed by atoms with Gasteiger partial charge in [0.25, 0.3) is 0 Å². The van der Waals surface area contributed by atoms with Gasteiger partial charge in [-0.25, -0.2) is 0 Å². The summed E-state index contributed by atoms with van der Waals surface area (Å²) in [4.78, 5) is 29.2. The van der Waals surface area contributed by atoms with Gasteiger partial charge in [-0.2, -0.15) is 0 Å². The van der Waals surface area contributed by atoms with E-state index in [-0.39, 0.29) is 36.2 Å². The van der Waals surface area contributed by atoms with Crippen molar-refractivity contribution in [1.82, 2.24) is 15.1 Å². The number of likely N-dealkylation sites (tertiary alicyclic amines) is 2. The van der Waals surface area contributed by atoms with Gasteiger partial charge in [0.05, 0.1) is 12.0 Å². The van der Waals surface area contributed by atoms with Gasteiger partial charge in [-0.15, -0.1) is 12.4 Å². The van der Waals surface area contributed by atoms with Crippen LogP contribution < -0.4 is 5.32 Å². The topological polar surface area (TPSA) is 52.7 Å². The fourth-order valence-corrected chi connectivity index (χ4v) is 4.09. The van der Waals surface area contributed by atoms with E-state index in [0.29, 0.717) is 18.9 Å². The van der Waals surface area contributed by atoms with Crippen molar-refractivity contribution < 1.29 is 9.59 Å². The lowest BCUT2D eigenvalue weighted by Gasteiger charge is -2.33. The average molecular weight is 380 g/mol. The number of amides is 2. The van der Waals surface area contributed by atoms with Crippen molar-refractivity contribution in [3.63, 3.8) is 0 Å². The molecule has 6 heteroatoms. The molecule has 0 aromatic heterocycles. The molecule has 2 fully saturated rings. The highest BCUT2D eigenvalue weighted by molar-refractivity contribution is 5.89. The molecule has 144 valence electrons. The molecule has 1 aromatic rings. The molecule has 2 unspecified atom stereocenters. The maximum atomic E-state index is 12.8. The third kappa shape index (κ3) is 4.57. The van der Waals surface area contributed by atoms with Gasteiger partial charge >= 0.3 is 0 Å². The lowest BCUT2D eigenvalue weighted by molar-refractivity contribution is -0.137. The van der Waals surface area contributed by atoms with E-state index in [1.807, 2.05) is 54.1 Å². The largest absolute Gasteiger partial charge is 0.342 e. The lowest BCUT2D eigenvalue weighted by Crippen LogP contribution is -2.43. The number of nitrogens with one attached hydrogen (secondary N) is 1. The Balaban J connectivity index is 0.00000243. The van der Waals surface area contributed by atoms with Crippen molar-refractivity contribution in [3.05, 3.63) is 35.9 Å². The van der Waals surface area contributed by atoms with Gasteiger partial charge in [0, 0.05) is 26.1 Å². The molecule has 0 aliphatic carbocycles. The predicted molar refractivity (Wildman–Crippen MR) is 105 cm³/mol. The second-order valence-electron chi connectivity index (χ2n) is 7.36. The first-order chi connectivity index (χ1) is 12.1. The number of hydrogen-bond acceptors (Lipinski definition) is 3. The molecule has 0 saturated carbocycles. The van der Waals surface area contributed by atoms with Crippen LogP contribution in [0, 0.1) is 11.8 Å². The van der Waals surface area contributed by atoms with Gasteiger partial charge in [0.2, 0.25) is 11.8 Å². The Bertz CT molecular complexity index is 602. The summed E-state index contributed by atoms with van der Waals surface area (Å²) in [5.74, 6) is 0.743. The smallest absolute Gasteiger partial charge is 0.227 e. The Morgan fingerprint density at radius 2 is 1.88 bits per heavy atom. The molecule has 1 N–H and O–H groups in total. The van der Waals surface area contributed by atoms with Gasteiger partial charge in [-0.05, 0) is 44.8 Å². The lowest BCUT2D eigenvalue weighted by atomic mass is 9.95. The van der Waals surface area contributed by atoms with Crippen LogP contribution in [0.4, 0.5) is 0 Å². The van der Waals surface area contributed by atoms with E-state index in [1.54, 1.807) is 0 Å². The number of benzene rings is 1. The molecule has 1 aromatic carbocycles. The van der Waals surface area contributed by atoms with Crippen LogP contribution in [0.5, 0.6) is 0 Å². The highest BCUT2D eigenvalue weighted by Crippen LogP contribution is 2.30. The Labute approximate surface area is 162 Å². The SMILES string of the molecule is CNCC1CCN(C(=O)C2CC(=O)N(C(C)c3ccccc3)C2)CC1.Cl. The predicted octanol–water partition coefficient (Wildman–Crippen LogP) is 2.48. The fraction of sp³-hybridized carbons (Fsp3) is 0.600. The number of piperidine rings is 1.